The summed E-state index contributed by atoms with van der Waals surface area (Å²) in [6.07, 6.45) is 0. The maximum atomic E-state index is 3.66. The van der Waals surface area contributed by atoms with Crippen molar-refractivity contribution in [3.63, 3.8) is 0 Å². The molecule has 118 valence electrons. The van der Waals surface area contributed by atoms with Crippen LogP contribution in [0, 0.1) is 11.8 Å². The highest BCUT2D eigenvalue weighted by atomic mass is 15.2. The molecule has 2 rings (SSSR count). The van der Waals surface area contributed by atoms with Crippen molar-refractivity contribution in [2.24, 2.45) is 11.8 Å². The van der Waals surface area contributed by atoms with Crippen molar-refractivity contribution in [1.29, 1.82) is 0 Å². The van der Waals surface area contributed by atoms with Crippen LogP contribution in [-0.4, -0.2) is 31.1 Å². The van der Waals surface area contributed by atoms with Gasteiger partial charge in [0, 0.05) is 25.7 Å². The second kappa shape index (κ2) is 7.42. The van der Waals surface area contributed by atoms with Crippen LogP contribution in [0.4, 0.5) is 0 Å². The lowest BCUT2D eigenvalue weighted by Crippen LogP contribution is -2.34. The molecule has 0 saturated carbocycles. The Hall–Kier alpha value is -0.860. The third kappa shape index (κ3) is 4.31. The molecule has 21 heavy (non-hydrogen) atoms. The molecule has 1 aromatic carbocycles. The summed E-state index contributed by atoms with van der Waals surface area (Å²) in [5.41, 5.74) is 2.85. The molecule has 3 atom stereocenters. The van der Waals surface area contributed by atoms with Crippen molar-refractivity contribution in [2.45, 2.75) is 46.6 Å². The van der Waals surface area contributed by atoms with Crippen molar-refractivity contribution < 1.29 is 0 Å². The number of benzene rings is 1. The molecule has 1 heterocycles. The minimum absolute atomic E-state index is 0.453. The Morgan fingerprint density at radius 1 is 1.05 bits per heavy atom. The van der Waals surface area contributed by atoms with E-state index in [1.54, 1.807) is 0 Å². The van der Waals surface area contributed by atoms with Crippen molar-refractivity contribution in [2.75, 3.05) is 26.2 Å². The molecule has 3 unspecified atom stereocenters. The fourth-order valence-corrected chi connectivity index (χ4v) is 3.30. The Labute approximate surface area is 130 Å². The summed E-state index contributed by atoms with van der Waals surface area (Å²) in [7, 11) is 0. The van der Waals surface area contributed by atoms with Gasteiger partial charge in [0.2, 0.25) is 0 Å². The standard InChI is InChI=1S/C19H32N2/c1-6-20-19(13-21-11-15(4)16(5)12-21)18-9-7-17(8-10-18)14(2)3/h7-10,14-16,19-20H,6,11-13H2,1-5H3. The third-order valence-corrected chi connectivity index (χ3v) is 4.96. The number of likely N-dealkylation sites (N-methyl/N-ethyl adjacent to an activating group) is 1. The monoisotopic (exact) mass is 288 g/mol. The molecule has 0 bridgehead atoms. The highest BCUT2D eigenvalue weighted by Crippen LogP contribution is 2.25. The first-order chi connectivity index (χ1) is 10.0. The Bertz CT molecular complexity index is 414. The summed E-state index contributed by atoms with van der Waals surface area (Å²) in [6, 6.07) is 9.66. The van der Waals surface area contributed by atoms with Gasteiger partial charge >= 0.3 is 0 Å². The Balaban J connectivity index is 2.04. The fraction of sp³-hybridized carbons (Fsp3) is 0.684. The first-order valence-electron chi connectivity index (χ1n) is 8.56. The van der Waals surface area contributed by atoms with Crippen molar-refractivity contribution >= 4 is 0 Å². The molecule has 1 aromatic rings. The maximum Gasteiger partial charge on any atom is 0.0449 e. The maximum absolute atomic E-state index is 3.66. The second-order valence-electron chi connectivity index (χ2n) is 7.10. The van der Waals surface area contributed by atoms with Crippen LogP contribution in [0.25, 0.3) is 0 Å². The van der Waals surface area contributed by atoms with Crippen LogP contribution in [0.2, 0.25) is 0 Å². The third-order valence-electron chi connectivity index (χ3n) is 4.96. The van der Waals surface area contributed by atoms with E-state index in [-0.39, 0.29) is 0 Å². The van der Waals surface area contributed by atoms with Gasteiger partial charge in [0.25, 0.3) is 0 Å². The molecule has 0 spiro atoms. The van der Waals surface area contributed by atoms with Gasteiger partial charge in [-0.15, -0.1) is 0 Å². The van der Waals surface area contributed by atoms with E-state index in [4.69, 9.17) is 0 Å². The van der Waals surface area contributed by atoms with E-state index in [9.17, 15) is 0 Å². The van der Waals surface area contributed by atoms with Crippen LogP contribution in [0.15, 0.2) is 24.3 Å². The molecule has 0 aromatic heterocycles. The lowest BCUT2D eigenvalue weighted by molar-refractivity contribution is 0.283. The zero-order chi connectivity index (χ0) is 15.4. The van der Waals surface area contributed by atoms with Crippen LogP contribution >= 0.6 is 0 Å². The van der Waals surface area contributed by atoms with E-state index in [2.05, 4.69) is 69.1 Å². The first kappa shape index (κ1) is 16.5. The summed E-state index contributed by atoms with van der Waals surface area (Å²) in [5, 5.41) is 3.66. The molecule has 1 N–H and O–H groups in total. The number of likely N-dealkylation sites (tertiary alicyclic amines) is 1. The van der Waals surface area contributed by atoms with E-state index >= 15 is 0 Å². The number of hydrogen-bond acceptors (Lipinski definition) is 2. The number of hydrogen-bond donors (Lipinski definition) is 1. The molecule has 1 fully saturated rings. The SMILES string of the molecule is CCNC(CN1CC(C)C(C)C1)c1ccc(C(C)C)cc1. The van der Waals surface area contributed by atoms with Crippen molar-refractivity contribution in [1.82, 2.24) is 10.2 Å². The summed E-state index contributed by atoms with van der Waals surface area (Å²) >= 11 is 0. The van der Waals surface area contributed by atoms with Gasteiger partial charge in [-0.2, -0.15) is 0 Å². The van der Waals surface area contributed by atoms with Gasteiger partial charge in [0.05, 0.1) is 0 Å². The summed E-state index contributed by atoms with van der Waals surface area (Å²) in [4.78, 5) is 2.62. The smallest absolute Gasteiger partial charge is 0.0449 e. The Morgan fingerprint density at radius 3 is 2.05 bits per heavy atom. The van der Waals surface area contributed by atoms with E-state index < -0.39 is 0 Å². The average molecular weight is 288 g/mol. The fourth-order valence-electron chi connectivity index (χ4n) is 3.30. The van der Waals surface area contributed by atoms with Gasteiger partial charge in [0.15, 0.2) is 0 Å². The van der Waals surface area contributed by atoms with Gasteiger partial charge in [-0.1, -0.05) is 58.9 Å². The Morgan fingerprint density at radius 2 is 1.57 bits per heavy atom. The molecule has 0 amide bonds. The van der Waals surface area contributed by atoms with Crippen molar-refractivity contribution in [3.8, 4) is 0 Å². The summed E-state index contributed by atoms with van der Waals surface area (Å²) < 4.78 is 0. The molecule has 1 saturated heterocycles. The van der Waals surface area contributed by atoms with Crippen LogP contribution in [0.3, 0.4) is 0 Å². The predicted octanol–water partition coefficient (Wildman–Crippen LogP) is 4.05. The van der Waals surface area contributed by atoms with E-state index in [0.717, 1.165) is 24.9 Å². The number of nitrogens with one attached hydrogen (secondary N) is 1. The number of rotatable bonds is 6. The average Bonchev–Trinajstić information content (AvgIpc) is 2.77. The van der Waals surface area contributed by atoms with Crippen molar-refractivity contribution in [3.05, 3.63) is 35.4 Å². The van der Waals surface area contributed by atoms with Crippen LogP contribution < -0.4 is 5.32 Å². The van der Waals surface area contributed by atoms with Crippen LogP contribution in [0.1, 0.15) is 57.7 Å². The highest BCUT2D eigenvalue weighted by Gasteiger charge is 2.27. The molecule has 1 aliphatic heterocycles. The van der Waals surface area contributed by atoms with Gasteiger partial charge in [-0.3, -0.25) is 0 Å². The largest absolute Gasteiger partial charge is 0.309 e. The van der Waals surface area contributed by atoms with Crippen LogP contribution in [-0.2, 0) is 0 Å². The highest BCUT2D eigenvalue weighted by molar-refractivity contribution is 5.27. The van der Waals surface area contributed by atoms with Gasteiger partial charge in [-0.25, -0.2) is 0 Å². The Kier molecular flexibility index (Phi) is 5.83. The summed E-state index contributed by atoms with van der Waals surface area (Å²) in [6.45, 7) is 16.1. The van der Waals surface area contributed by atoms with E-state index in [0.29, 0.717) is 12.0 Å². The van der Waals surface area contributed by atoms with E-state index in [1.165, 1.54) is 24.2 Å². The minimum Gasteiger partial charge on any atom is -0.309 e. The molecular formula is C19H32N2. The quantitative estimate of drug-likeness (QED) is 0.849. The topological polar surface area (TPSA) is 15.3 Å². The normalized spacial score (nSPS) is 24.7. The minimum atomic E-state index is 0.453. The molecule has 0 radical (unpaired) electrons. The lowest BCUT2D eigenvalue weighted by atomic mass is 9.99. The number of nitrogens with zero attached hydrogens (tertiary/aromatic N) is 1. The first-order valence-corrected chi connectivity index (χ1v) is 8.56. The molecule has 2 heteroatoms. The lowest BCUT2D eigenvalue weighted by Gasteiger charge is -2.25. The predicted molar refractivity (Wildman–Crippen MR) is 91.7 cm³/mol. The van der Waals surface area contributed by atoms with E-state index in [1.807, 2.05) is 0 Å². The van der Waals surface area contributed by atoms with Gasteiger partial charge in [0.1, 0.15) is 0 Å². The zero-order valence-corrected chi connectivity index (χ0v) is 14.4. The van der Waals surface area contributed by atoms with Gasteiger partial charge < -0.3 is 10.2 Å². The molecular weight excluding hydrogens is 256 g/mol. The molecule has 1 aliphatic rings. The van der Waals surface area contributed by atoms with Gasteiger partial charge in [-0.05, 0) is 35.4 Å². The molecule has 0 aliphatic carbocycles. The second-order valence-corrected chi connectivity index (χ2v) is 7.10. The van der Waals surface area contributed by atoms with Crippen LogP contribution in [0.5, 0.6) is 0 Å². The molecule has 2 nitrogen and oxygen atoms in total. The zero-order valence-electron chi connectivity index (χ0n) is 14.4. The summed E-state index contributed by atoms with van der Waals surface area (Å²) in [5.74, 6) is 2.27.